The van der Waals surface area contributed by atoms with Crippen molar-refractivity contribution >= 4 is 34.1 Å². The number of hydrogen-bond acceptors (Lipinski definition) is 8. The highest BCUT2D eigenvalue weighted by Crippen LogP contribution is 2.35. The zero-order valence-corrected chi connectivity index (χ0v) is 24.8. The van der Waals surface area contributed by atoms with Crippen molar-refractivity contribution in [2.75, 3.05) is 51.3 Å². The number of nitrogens with zero attached hydrogens (tertiary/aromatic N) is 4. The molecule has 1 N–H and O–H groups in total. The number of rotatable bonds is 9. The first kappa shape index (κ1) is 28.7. The quantitative estimate of drug-likeness (QED) is 0.497. The van der Waals surface area contributed by atoms with Crippen LogP contribution in [-0.2, 0) is 14.3 Å². The number of likely N-dealkylation sites (N-methyl/N-ethyl adjacent to an activating group) is 1. The third-order valence-electron chi connectivity index (χ3n) is 8.25. The predicted octanol–water partition coefficient (Wildman–Crippen LogP) is 3.30. The van der Waals surface area contributed by atoms with E-state index in [4.69, 9.17) is 9.72 Å². The zero-order valence-electron chi connectivity index (χ0n) is 24.0. The van der Waals surface area contributed by atoms with Gasteiger partial charge in [0.15, 0.2) is 10.9 Å². The van der Waals surface area contributed by atoms with Crippen molar-refractivity contribution < 1.29 is 19.1 Å². The van der Waals surface area contributed by atoms with Crippen LogP contribution in [0.25, 0.3) is 11.3 Å². The van der Waals surface area contributed by atoms with Gasteiger partial charge in [-0.25, -0.2) is 4.98 Å². The number of ketones is 1. The minimum absolute atomic E-state index is 0.0417. The van der Waals surface area contributed by atoms with E-state index in [0.717, 1.165) is 55.4 Å². The van der Waals surface area contributed by atoms with Crippen molar-refractivity contribution in [2.24, 2.45) is 11.8 Å². The Bertz CT molecular complexity index is 1210. The Kier molecular flexibility index (Phi) is 8.87. The van der Waals surface area contributed by atoms with Crippen LogP contribution in [0.5, 0.6) is 0 Å². The van der Waals surface area contributed by atoms with Crippen molar-refractivity contribution in [3.63, 3.8) is 0 Å². The number of thiazole rings is 1. The SMILES string of the molecule is CCC[C@H]1CN(C(=O)C(CC(C)C)NC(=O)c2ccc(-c3csc(N4CCN(C)CC4)n3)cc2)[C@@H]2C(=O)CO[C@H]12. The summed E-state index contributed by atoms with van der Waals surface area (Å²) in [4.78, 5) is 50.9. The normalized spacial score (nSPS) is 24.0. The van der Waals surface area contributed by atoms with Crippen LogP contribution in [-0.4, -0.2) is 96.9 Å². The molecule has 216 valence electrons. The van der Waals surface area contributed by atoms with E-state index in [2.05, 4.69) is 34.5 Å². The Balaban J connectivity index is 1.26. The molecule has 40 heavy (non-hydrogen) atoms. The van der Waals surface area contributed by atoms with Crippen molar-refractivity contribution in [3.8, 4) is 11.3 Å². The molecular weight excluding hydrogens is 526 g/mol. The molecule has 5 rings (SSSR count). The first-order valence-electron chi connectivity index (χ1n) is 14.5. The Morgan fingerprint density at radius 1 is 1.15 bits per heavy atom. The fraction of sp³-hybridized carbons (Fsp3) is 0.600. The van der Waals surface area contributed by atoms with Gasteiger partial charge in [0.2, 0.25) is 5.91 Å². The zero-order chi connectivity index (χ0) is 28.4. The van der Waals surface area contributed by atoms with Crippen LogP contribution in [0.15, 0.2) is 29.6 Å². The van der Waals surface area contributed by atoms with Crippen molar-refractivity contribution in [1.29, 1.82) is 0 Å². The summed E-state index contributed by atoms with van der Waals surface area (Å²) in [5, 5.41) is 6.07. The number of anilines is 1. The number of ether oxygens (including phenoxy) is 1. The topological polar surface area (TPSA) is 95.1 Å². The number of carbonyl (C=O) groups is 3. The molecule has 0 spiro atoms. The number of nitrogens with one attached hydrogen (secondary N) is 1. The third-order valence-corrected chi connectivity index (χ3v) is 9.15. The monoisotopic (exact) mass is 567 g/mol. The van der Waals surface area contributed by atoms with Crippen molar-refractivity contribution in [2.45, 2.75) is 58.2 Å². The molecule has 2 aromatic rings. The summed E-state index contributed by atoms with van der Waals surface area (Å²) in [5.74, 6) is -0.186. The fourth-order valence-electron chi connectivity index (χ4n) is 6.07. The van der Waals surface area contributed by atoms with Gasteiger partial charge in [-0.05, 0) is 37.9 Å². The Hall–Kier alpha value is -2.82. The van der Waals surface area contributed by atoms with Gasteiger partial charge in [-0.3, -0.25) is 14.4 Å². The molecule has 4 atom stereocenters. The number of hydrogen-bond donors (Lipinski definition) is 1. The molecule has 0 radical (unpaired) electrons. The molecule has 0 saturated carbocycles. The molecule has 3 saturated heterocycles. The van der Waals surface area contributed by atoms with Gasteiger partial charge in [0.25, 0.3) is 5.91 Å². The van der Waals surface area contributed by atoms with Gasteiger partial charge in [-0.15, -0.1) is 11.3 Å². The molecule has 0 bridgehead atoms. The Labute approximate surface area is 240 Å². The number of aromatic nitrogens is 1. The molecule has 1 aromatic heterocycles. The molecule has 9 nitrogen and oxygen atoms in total. The lowest BCUT2D eigenvalue weighted by atomic mass is 9.97. The molecule has 3 fully saturated rings. The van der Waals surface area contributed by atoms with E-state index in [1.54, 1.807) is 28.4 Å². The van der Waals surface area contributed by atoms with Crippen LogP contribution in [0.1, 0.15) is 50.4 Å². The van der Waals surface area contributed by atoms with E-state index in [9.17, 15) is 14.4 Å². The lowest BCUT2D eigenvalue weighted by Crippen LogP contribution is -2.52. The molecule has 1 unspecified atom stereocenters. The maximum Gasteiger partial charge on any atom is 0.251 e. The summed E-state index contributed by atoms with van der Waals surface area (Å²) in [6.07, 6.45) is 2.13. The van der Waals surface area contributed by atoms with Gasteiger partial charge in [-0.1, -0.05) is 39.3 Å². The maximum absolute atomic E-state index is 13.8. The highest BCUT2D eigenvalue weighted by molar-refractivity contribution is 7.14. The van der Waals surface area contributed by atoms with Crippen molar-refractivity contribution in [3.05, 3.63) is 35.2 Å². The van der Waals surface area contributed by atoms with Crippen LogP contribution in [0, 0.1) is 11.8 Å². The summed E-state index contributed by atoms with van der Waals surface area (Å²) >= 11 is 1.64. The number of amides is 2. The highest BCUT2D eigenvalue weighted by atomic mass is 32.1. The molecule has 3 aliphatic rings. The fourth-order valence-corrected chi connectivity index (χ4v) is 6.96. The minimum atomic E-state index is -0.703. The first-order chi connectivity index (χ1) is 19.2. The second-order valence-corrected chi connectivity index (χ2v) is 12.6. The van der Waals surface area contributed by atoms with Gasteiger partial charge in [-0.2, -0.15) is 0 Å². The standard InChI is InChI=1S/C30H41N5O4S/c1-5-6-22-16-35(26-25(36)17-39-27(22)26)29(38)23(15-19(2)3)31-28(37)21-9-7-20(8-10-21)24-18-40-30(32-24)34-13-11-33(4)12-14-34/h7-10,18-19,22-23,26-27H,5-6,11-17H2,1-4H3,(H,31,37)/t22-,23?,26+,27+/m0/s1. The maximum atomic E-state index is 13.8. The van der Waals surface area contributed by atoms with E-state index in [0.29, 0.717) is 18.5 Å². The molecule has 0 aliphatic carbocycles. The van der Waals surface area contributed by atoms with Crippen LogP contribution in [0.3, 0.4) is 0 Å². The van der Waals surface area contributed by atoms with Gasteiger partial charge in [0.05, 0.1) is 11.8 Å². The van der Waals surface area contributed by atoms with Gasteiger partial charge >= 0.3 is 0 Å². The average Bonchev–Trinajstić information content (AvgIpc) is 3.66. The number of fused-ring (bicyclic) bond motifs is 1. The van der Waals surface area contributed by atoms with Crippen LogP contribution >= 0.6 is 11.3 Å². The Morgan fingerprint density at radius 3 is 2.55 bits per heavy atom. The van der Waals surface area contributed by atoms with Crippen LogP contribution in [0.4, 0.5) is 5.13 Å². The average molecular weight is 568 g/mol. The largest absolute Gasteiger partial charge is 0.367 e. The number of likely N-dealkylation sites (tertiary alicyclic amines) is 1. The van der Waals surface area contributed by atoms with Crippen LogP contribution < -0.4 is 10.2 Å². The molecule has 3 aliphatic heterocycles. The summed E-state index contributed by atoms with van der Waals surface area (Å²) in [6.45, 7) is 10.7. The van der Waals surface area contributed by atoms with E-state index >= 15 is 0 Å². The van der Waals surface area contributed by atoms with Gasteiger partial charge in [0.1, 0.15) is 18.7 Å². The predicted molar refractivity (Wildman–Crippen MR) is 157 cm³/mol. The summed E-state index contributed by atoms with van der Waals surface area (Å²) < 4.78 is 5.79. The lowest BCUT2D eigenvalue weighted by molar-refractivity contribution is -0.138. The molecular formula is C30H41N5O4S. The van der Waals surface area contributed by atoms with Crippen LogP contribution in [0.2, 0.25) is 0 Å². The second-order valence-electron chi connectivity index (χ2n) is 11.8. The number of carbonyl (C=O) groups excluding carboxylic acids is 3. The summed E-state index contributed by atoms with van der Waals surface area (Å²) in [6, 6.07) is 6.15. The van der Waals surface area contributed by atoms with E-state index < -0.39 is 12.1 Å². The lowest BCUT2D eigenvalue weighted by Gasteiger charge is -2.32. The number of benzene rings is 1. The van der Waals surface area contributed by atoms with E-state index in [-0.39, 0.29) is 42.1 Å². The minimum Gasteiger partial charge on any atom is -0.367 e. The summed E-state index contributed by atoms with van der Waals surface area (Å²) in [5.41, 5.74) is 2.34. The highest BCUT2D eigenvalue weighted by Gasteiger charge is 2.52. The van der Waals surface area contributed by atoms with E-state index in [1.165, 1.54) is 0 Å². The first-order valence-corrected chi connectivity index (χ1v) is 15.4. The molecule has 4 heterocycles. The molecule has 10 heteroatoms. The molecule has 2 amide bonds. The van der Waals surface area contributed by atoms with Crippen molar-refractivity contribution in [1.82, 2.24) is 20.1 Å². The van der Waals surface area contributed by atoms with E-state index in [1.807, 2.05) is 26.0 Å². The molecule has 1 aromatic carbocycles. The Morgan fingerprint density at radius 2 is 1.88 bits per heavy atom. The number of Topliss-reactive ketones (excluding diaryl/α,β-unsaturated/α-hetero) is 1. The number of piperazine rings is 1. The van der Waals surface area contributed by atoms with Gasteiger partial charge in [0, 0.05) is 55.1 Å². The second kappa shape index (κ2) is 12.4. The summed E-state index contributed by atoms with van der Waals surface area (Å²) in [7, 11) is 2.14. The smallest absolute Gasteiger partial charge is 0.251 e. The third kappa shape index (κ3) is 6.09. The van der Waals surface area contributed by atoms with Gasteiger partial charge < -0.3 is 24.8 Å².